The SMILES string of the molecule is O=C(ON1CC[C@H](O)[C@H]1CO)c1ccccc1. The molecular weight excluding hydrogens is 222 g/mol. The van der Waals surface area contributed by atoms with E-state index in [1.165, 1.54) is 5.06 Å². The molecule has 5 heteroatoms. The Balaban J connectivity index is 2.00. The molecule has 5 nitrogen and oxygen atoms in total. The molecule has 1 aliphatic rings. The number of hydroxylamine groups is 2. The second kappa shape index (κ2) is 5.27. The van der Waals surface area contributed by atoms with Gasteiger partial charge in [0.05, 0.1) is 24.3 Å². The molecule has 1 aromatic rings. The van der Waals surface area contributed by atoms with Gasteiger partial charge in [0.1, 0.15) is 0 Å². The molecule has 0 aliphatic carbocycles. The fraction of sp³-hybridized carbons (Fsp3) is 0.417. The van der Waals surface area contributed by atoms with Gasteiger partial charge in [-0.1, -0.05) is 18.2 Å². The number of aliphatic hydroxyl groups excluding tert-OH is 2. The van der Waals surface area contributed by atoms with Crippen LogP contribution in [-0.2, 0) is 4.84 Å². The second-order valence-electron chi connectivity index (χ2n) is 3.99. The number of aliphatic hydroxyl groups is 2. The quantitative estimate of drug-likeness (QED) is 0.785. The van der Waals surface area contributed by atoms with Gasteiger partial charge in [-0.2, -0.15) is 0 Å². The highest BCUT2D eigenvalue weighted by Crippen LogP contribution is 2.18. The lowest BCUT2D eigenvalue weighted by molar-refractivity contribution is -0.138. The summed E-state index contributed by atoms with van der Waals surface area (Å²) in [4.78, 5) is 16.9. The lowest BCUT2D eigenvalue weighted by Gasteiger charge is -2.22. The minimum Gasteiger partial charge on any atom is -0.395 e. The molecule has 92 valence electrons. The van der Waals surface area contributed by atoms with E-state index < -0.39 is 18.1 Å². The predicted octanol–water partition coefficient (Wildman–Crippen LogP) is 0.186. The molecule has 1 saturated heterocycles. The Bertz CT molecular complexity index is 381. The van der Waals surface area contributed by atoms with Crippen molar-refractivity contribution < 1.29 is 19.8 Å². The Hall–Kier alpha value is -1.43. The van der Waals surface area contributed by atoms with Crippen molar-refractivity contribution >= 4 is 5.97 Å². The molecule has 0 saturated carbocycles. The Morgan fingerprint density at radius 2 is 2.12 bits per heavy atom. The van der Waals surface area contributed by atoms with Crippen molar-refractivity contribution in [1.82, 2.24) is 5.06 Å². The largest absolute Gasteiger partial charge is 0.395 e. The van der Waals surface area contributed by atoms with Crippen LogP contribution in [0, 0.1) is 0 Å². The summed E-state index contributed by atoms with van der Waals surface area (Å²) in [5.74, 6) is -0.474. The summed E-state index contributed by atoms with van der Waals surface area (Å²) in [6, 6.07) is 8.10. The predicted molar refractivity (Wildman–Crippen MR) is 60.1 cm³/mol. The molecule has 0 radical (unpaired) electrons. The van der Waals surface area contributed by atoms with Crippen molar-refractivity contribution in [2.45, 2.75) is 18.6 Å². The fourth-order valence-corrected chi connectivity index (χ4v) is 1.87. The molecule has 17 heavy (non-hydrogen) atoms. The first-order valence-electron chi connectivity index (χ1n) is 5.55. The summed E-state index contributed by atoms with van der Waals surface area (Å²) >= 11 is 0. The zero-order valence-electron chi connectivity index (χ0n) is 9.32. The first-order chi connectivity index (χ1) is 8.22. The normalized spacial score (nSPS) is 24.8. The van der Waals surface area contributed by atoms with Crippen molar-refractivity contribution in [3.63, 3.8) is 0 Å². The van der Waals surface area contributed by atoms with E-state index in [9.17, 15) is 9.90 Å². The number of hydrogen-bond donors (Lipinski definition) is 2. The second-order valence-corrected chi connectivity index (χ2v) is 3.99. The molecule has 0 amide bonds. The first kappa shape index (κ1) is 12.0. The number of rotatable bonds is 3. The summed E-state index contributed by atoms with van der Waals surface area (Å²) in [7, 11) is 0. The molecular formula is C12H15NO4. The van der Waals surface area contributed by atoms with Gasteiger partial charge in [-0.3, -0.25) is 0 Å². The van der Waals surface area contributed by atoms with Crippen LogP contribution in [0.4, 0.5) is 0 Å². The number of benzene rings is 1. The van der Waals surface area contributed by atoms with E-state index in [4.69, 9.17) is 9.94 Å². The topological polar surface area (TPSA) is 70.0 Å². The van der Waals surface area contributed by atoms with Gasteiger partial charge in [-0.15, -0.1) is 5.06 Å². The van der Waals surface area contributed by atoms with Gasteiger partial charge in [0.25, 0.3) is 0 Å². The minimum absolute atomic E-state index is 0.233. The van der Waals surface area contributed by atoms with E-state index in [0.29, 0.717) is 18.5 Å². The van der Waals surface area contributed by atoms with Gasteiger partial charge in [0, 0.05) is 6.54 Å². The third-order valence-corrected chi connectivity index (χ3v) is 2.86. The van der Waals surface area contributed by atoms with Crippen LogP contribution in [0.1, 0.15) is 16.8 Å². The maximum atomic E-state index is 11.7. The van der Waals surface area contributed by atoms with Crippen LogP contribution in [0.15, 0.2) is 30.3 Å². The zero-order valence-corrected chi connectivity index (χ0v) is 9.32. The molecule has 1 fully saturated rings. The van der Waals surface area contributed by atoms with E-state index in [-0.39, 0.29) is 6.61 Å². The van der Waals surface area contributed by atoms with Crippen molar-refractivity contribution in [3.05, 3.63) is 35.9 Å². The molecule has 1 aliphatic heterocycles. The minimum atomic E-state index is -0.649. The van der Waals surface area contributed by atoms with Crippen molar-refractivity contribution in [1.29, 1.82) is 0 Å². The van der Waals surface area contributed by atoms with Gasteiger partial charge < -0.3 is 15.1 Å². The Morgan fingerprint density at radius 1 is 1.41 bits per heavy atom. The van der Waals surface area contributed by atoms with Crippen molar-refractivity contribution in [3.8, 4) is 0 Å². The summed E-state index contributed by atoms with van der Waals surface area (Å²) in [5.41, 5.74) is 0.450. The van der Waals surface area contributed by atoms with Crippen LogP contribution in [0.25, 0.3) is 0 Å². The Morgan fingerprint density at radius 3 is 2.76 bits per heavy atom. The van der Waals surface area contributed by atoms with Crippen molar-refractivity contribution in [2.75, 3.05) is 13.2 Å². The maximum Gasteiger partial charge on any atom is 0.357 e. The molecule has 1 aromatic carbocycles. The fourth-order valence-electron chi connectivity index (χ4n) is 1.87. The summed E-state index contributed by atoms with van der Waals surface area (Å²) in [6.45, 7) is 0.203. The lowest BCUT2D eigenvalue weighted by Crippen LogP contribution is -2.39. The van der Waals surface area contributed by atoms with Gasteiger partial charge in [0.2, 0.25) is 0 Å². The average Bonchev–Trinajstić information content (AvgIpc) is 2.71. The van der Waals surface area contributed by atoms with Gasteiger partial charge in [-0.05, 0) is 18.6 Å². The first-order valence-corrected chi connectivity index (χ1v) is 5.55. The van der Waals surface area contributed by atoms with Crippen LogP contribution in [0.2, 0.25) is 0 Å². The van der Waals surface area contributed by atoms with E-state index >= 15 is 0 Å². The number of carbonyl (C=O) groups excluding carboxylic acids is 1. The highest BCUT2D eigenvalue weighted by Gasteiger charge is 2.35. The van der Waals surface area contributed by atoms with Gasteiger partial charge >= 0.3 is 5.97 Å². The lowest BCUT2D eigenvalue weighted by atomic mass is 10.2. The van der Waals surface area contributed by atoms with Crippen LogP contribution >= 0.6 is 0 Å². The van der Waals surface area contributed by atoms with Crippen LogP contribution in [0.5, 0.6) is 0 Å². The Kier molecular flexibility index (Phi) is 3.73. The third-order valence-electron chi connectivity index (χ3n) is 2.86. The highest BCUT2D eigenvalue weighted by molar-refractivity contribution is 5.89. The molecule has 0 spiro atoms. The van der Waals surface area contributed by atoms with E-state index in [0.717, 1.165) is 0 Å². The third kappa shape index (κ3) is 2.63. The van der Waals surface area contributed by atoms with Crippen LogP contribution < -0.4 is 0 Å². The molecule has 2 N–H and O–H groups in total. The average molecular weight is 237 g/mol. The molecule has 2 atom stereocenters. The number of nitrogens with zero attached hydrogens (tertiary/aromatic N) is 1. The van der Waals surface area contributed by atoms with Crippen molar-refractivity contribution in [2.24, 2.45) is 0 Å². The van der Waals surface area contributed by atoms with E-state index in [1.807, 2.05) is 6.07 Å². The van der Waals surface area contributed by atoms with Crippen LogP contribution in [-0.4, -0.2) is 46.5 Å². The smallest absolute Gasteiger partial charge is 0.357 e. The zero-order chi connectivity index (χ0) is 12.3. The summed E-state index contributed by atoms with van der Waals surface area (Å²) in [5, 5.41) is 20.0. The number of carbonyl (C=O) groups is 1. The summed E-state index contributed by atoms with van der Waals surface area (Å²) < 4.78 is 0. The number of hydrogen-bond acceptors (Lipinski definition) is 5. The molecule has 2 rings (SSSR count). The Labute approximate surface area is 99.2 Å². The van der Waals surface area contributed by atoms with E-state index in [1.54, 1.807) is 24.3 Å². The highest BCUT2D eigenvalue weighted by atomic mass is 16.7. The molecule has 0 unspecified atom stereocenters. The summed E-state index contributed by atoms with van der Waals surface area (Å²) in [6.07, 6.45) is -0.156. The van der Waals surface area contributed by atoms with E-state index in [2.05, 4.69) is 0 Å². The van der Waals surface area contributed by atoms with Crippen LogP contribution in [0.3, 0.4) is 0 Å². The monoisotopic (exact) mass is 237 g/mol. The molecule has 0 bridgehead atoms. The molecule has 1 heterocycles. The maximum absolute atomic E-state index is 11.7. The molecule has 0 aromatic heterocycles. The van der Waals surface area contributed by atoms with Gasteiger partial charge in [-0.25, -0.2) is 4.79 Å². The standard InChI is InChI=1S/C12H15NO4/c14-8-10-11(15)6-7-13(10)17-12(16)9-4-2-1-3-5-9/h1-5,10-11,14-15H,6-8H2/t10-,11+/m1/s1. The van der Waals surface area contributed by atoms with Gasteiger partial charge in [0.15, 0.2) is 0 Å².